The highest BCUT2D eigenvalue weighted by molar-refractivity contribution is 6.09. The summed E-state index contributed by atoms with van der Waals surface area (Å²) in [5, 5.41) is 13.3. The second-order valence-corrected chi connectivity index (χ2v) is 8.93. The van der Waals surface area contributed by atoms with Crippen LogP contribution in [0, 0.1) is 0 Å². The Kier molecular flexibility index (Phi) is 4.98. The molecule has 2 N–H and O–H groups in total. The highest BCUT2D eigenvalue weighted by Crippen LogP contribution is 2.57. The Balaban J connectivity index is 1.71. The topological polar surface area (TPSA) is 78.9 Å². The number of phenolic OH excluding ortho intramolecular Hbond substituents is 1. The van der Waals surface area contributed by atoms with Gasteiger partial charge in [0.05, 0.1) is 18.6 Å². The van der Waals surface area contributed by atoms with Gasteiger partial charge in [-0.15, -0.1) is 0 Å². The summed E-state index contributed by atoms with van der Waals surface area (Å²) in [6.07, 6.45) is 0.581. The van der Waals surface area contributed by atoms with Crippen LogP contribution in [0.2, 0.25) is 0 Å². The van der Waals surface area contributed by atoms with Gasteiger partial charge in [-0.2, -0.15) is 0 Å². The molecule has 33 heavy (non-hydrogen) atoms. The molecular weight excluding hydrogens is 416 g/mol. The van der Waals surface area contributed by atoms with E-state index in [1.54, 1.807) is 36.2 Å². The van der Waals surface area contributed by atoms with Crippen LogP contribution in [0.1, 0.15) is 29.2 Å². The zero-order valence-electron chi connectivity index (χ0n) is 18.6. The molecule has 3 aromatic rings. The van der Waals surface area contributed by atoms with Crippen LogP contribution >= 0.6 is 0 Å². The average Bonchev–Trinajstić information content (AvgIpc) is 3.31. The van der Waals surface area contributed by atoms with Crippen molar-refractivity contribution in [3.05, 3.63) is 95.6 Å². The number of likely N-dealkylation sites (N-methyl/N-ethyl adjacent to an activating group) is 1. The van der Waals surface area contributed by atoms with E-state index in [-0.39, 0.29) is 18.1 Å². The van der Waals surface area contributed by atoms with Gasteiger partial charge in [-0.1, -0.05) is 60.7 Å². The molecule has 0 aromatic heterocycles. The Bertz CT molecular complexity index is 1210. The largest absolute Gasteiger partial charge is 0.508 e. The van der Waals surface area contributed by atoms with E-state index >= 15 is 0 Å². The Labute approximate surface area is 192 Å². The lowest BCUT2D eigenvalue weighted by molar-refractivity contribution is -0.148. The van der Waals surface area contributed by atoms with Gasteiger partial charge in [0.25, 0.3) is 0 Å². The number of ether oxygens (including phenoxy) is 1. The maximum Gasteiger partial charge on any atom is 0.326 e. The van der Waals surface area contributed by atoms with E-state index in [0.29, 0.717) is 6.42 Å². The number of benzene rings is 3. The quantitative estimate of drug-likeness (QED) is 0.605. The Morgan fingerprint density at radius 2 is 1.73 bits per heavy atom. The first-order chi connectivity index (χ1) is 15.9. The lowest BCUT2D eigenvalue weighted by Gasteiger charge is -2.30. The van der Waals surface area contributed by atoms with Crippen LogP contribution in [0.5, 0.6) is 5.75 Å². The Hall–Kier alpha value is -3.64. The first-order valence-electron chi connectivity index (χ1n) is 11.0. The molecule has 3 atom stereocenters. The third kappa shape index (κ3) is 3.13. The average molecular weight is 443 g/mol. The standard InChI is InChI=1S/C27H26N2O4/c1-29-22-11-7-6-10-21(22)27(24(29)31)17-26(25(32)33-2,16-18-12-14-20(30)15-13-18)28-23(27)19-8-4-3-5-9-19/h3-15,23,28,30H,16-17H2,1-2H3/t23-,26?,27+/m0/s1. The Morgan fingerprint density at radius 3 is 2.42 bits per heavy atom. The molecule has 2 aliphatic rings. The number of nitrogens with zero attached hydrogens (tertiary/aromatic N) is 1. The fourth-order valence-corrected chi connectivity index (χ4v) is 5.63. The number of hydrogen-bond acceptors (Lipinski definition) is 5. The maximum atomic E-state index is 14.0. The molecule has 1 unspecified atom stereocenters. The smallest absolute Gasteiger partial charge is 0.326 e. The molecule has 2 heterocycles. The summed E-state index contributed by atoms with van der Waals surface area (Å²) in [6.45, 7) is 0. The lowest BCUT2D eigenvalue weighted by Crippen LogP contribution is -2.50. The first-order valence-corrected chi connectivity index (χ1v) is 11.0. The van der Waals surface area contributed by atoms with Crippen molar-refractivity contribution in [2.45, 2.75) is 29.8 Å². The predicted molar refractivity (Wildman–Crippen MR) is 125 cm³/mol. The van der Waals surface area contributed by atoms with Crippen molar-refractivity contribution in [2.24, 2.45) is 0 Å². The first kappa shape index (κ1) is 21.2. The van der Waals surface area contributed by atoms with Crippen molar-refractivity contribution in [1.82, 2.24) is 5.32 Å². The monoisotopic (exact) mass is 442 g/mol. The molecule has 6 heteroatoms. The fourth-order valence-electron chi connectivity index (χ4n) is 5.63. The molecule has 1 spiro atoms. The molecule has 5 rings (SSSR count). The summed E-state index contributed by atoms with van der Waals surface area (Å²) >= 11 is 0. The minimum atomic E-state index is -1.12. The highest BCUT2D eigenvalue weighted by Gasteiger charge is 2.66. The molecule has 3 aromatic carbocycles. The number of fused-ring (bicyclic) bond motifs is 2. The van der Waals surface area contributed by atoms with Crippen molar-refractivity contribution >= 4 is 17.6 Å². The second-order valence-electron chi connectivity index (χ2n) is 8.93. The highest BCUT2D eigenvalue weighted by atomic mass is 16.5. The van der Waals surface area contributed by atoms with Gasteiger partial charge in [0.15, 0.2) is 0 Å². The van der Waals surface area contributed by atoms with E-state index in [4.69, 9.17) is 4.74 Å². The van der Waals surface area contributed by atoms with Crippen LogP contribution in [0.25, 0.3) is 0 Å². The third-order valence-electron chi connectivity index (χ3n) is 7.08. The molecule has 1 saturated heterocycles. The number of aromatic hydroxyl groups is 1. The van der Waals surface area contributed by atoms with Crippen LogP contribution in [0.4, 0.5) is 5.69 Å². The molecule has 0 aliphatic carbocycles. The van der Waals surface area contributed by atoms with Crippen LogP contribution in [-0.4, -0.2) is 36.7 Å². The van der Waals surface area contributed by atoms with Crippen LogP contribution < -0.4 is 10.2 Å². The molecule has 1 amide bonds. The van der Waals surface area contributed by atoms with Crippen molar-refractivity contribution in [2.75, 3.05) is 19.1 Å². The van der Waals surface area contributed by atoms with Gasteiger partial charge in [-0.25, -0.2) is 0 Å². The number of esters is 1. The summed E-state index contributed by atoms with van der Waals surface area (Å²) in [5.41, 5.74) is 1.48. The number of methoxy groups -OCH3 is 1. The van der Waals surface area contributed by atoms with Gasteiger partial charge in [0, 0.05) is 19.2 Å². The molecular formula is C27H26N2O4. The predicted octanol–water partition coefficient (Wildman–Crippen LogP) is 3.50. The lowest BCUT2D eigenvalue weighted by atomic mass is 9.69. The maximum absolute atomic E-state index is 14.0. The normalized spacial score (nSPS) is 25.9. The van der Waals surface area contributed by atoms with E-state index < -0.39 is 23.0 Å². The SMILES string of the molecule is COC(=O)C1(Cc2ccc(O)cc2)C[C@]2(C(=O)N(C)c3ccccc32)[C@H](c2ccccc2)N1. The molecule has 2 aliphatic heterocycles. The van der Waals surface area contributed by atoms with Crippen LogP contribution in [-0.2, 0) is 26.2 Å². The van der Waals surface area contributed by atoms with Gasteiger partial charge in [0.1, 0.15) is 11.3 Å². The zero-order chi connectivity index (χ0) is 23.2. The van der Waals surface area contributed by atoms with Gasteiger partial charge in [0.2, 0.25) is 5.91 Å². The number of rotatable bonds is 4. The number of anilines is 1. The molecule has 168 valence electrons. The minimum Gasteiger partial charge on any atom is -0.508 e. The number of phenols is 1. The summed E-state index contributed by atoms with van der Waals surface area (Å²) in [6, 6.07) is 24.0. The van der Waals surface area contributed by atoms with Gasteiger partial charge >= 0.3 is 5.97 Å². The summed E-state index contributed by atoms with van der Waals surface area (Å²) in [5.74, 6) is -0.292. The minimum absolute atomic E-state index is 0.0402. The van der Waals surface area contributed by atoms with Crippen molar-refractivity contribution in [3.63, 3.8) is 0 Å². The van der Waals surface area contributed by atoms with Crippen molar-refractivity contribution < 1.29 is 19.4 Å². The number of carbonyl (C=O) groups is 2. The van der Waals surface area contributed by atoms with Gasteiger partial charge in [-0.05, 0) is 41.3 Å². The second kappa shape index (κ2) is 7.74. The number of amides is 1. The van der Waals surface area contributed by atoms with E-state index in [0.717, 1.165) is 22.4 Å². The molecule has 0 bridgehead atoms. The van der Waals surface area contributed by atoms with E-state index in [1.165, 1.54) is 7.11 Å². The van der Waals surface area contributed by atoms with E-state index in [9.17, 15) is 14.7 Å². The fraction of sp³-hybridized carbons (Fsp3) is 0.259. The number of hydrogen-bond donors (Lipinski definition) is 2. The number of nitrogens with one attached hydrogen (secondary N) is 1. The Morgan fingerprint density at radius 1 is 1.06 bits per heavy atom. The van der Waals surface area contributed by atoms with E-state index in [2.05, 4.69) is 5.32 Å². The molecule has 1 fully saturated rings. The van der Waals surface area contributed by atoms with Crippen molar-refractivity contribution in [1.29, 1.82) is 0 Å². The van der Waals surface area contributed by atoms with Gasteiger partial charge < -0.3 is 14.7 Å². The van der Waals surface area contributed by atoms with Crippen LogP contribution in [0.3, 0.4) is 0 Å². The van der Waals surface area contributed by atoms with Gasteiger partial charge in [-0.3, -0.25) is 14.9 Å². The van der Waals surface area contributed by atoms with E-state index in [1.807, 2.05) is 54.6 Å². The summed E-state index contributed by atoms with van der Waals surface area (Å²) in [7, 11) is 3.16. The molecule has 6 nitrogen and oxygen atoms in total. The summed E-state index contributed by atoms with van der Waals surface area (Å²) in [4.78, 5) is 29.0. The summed E-state index contributed by atoms with van der Waals surface area (Å²) < 4.78 is 5.29. The zero-order valence-corrected chi connectivity index (χ0v) is 18.6. The van der Waals surface area contributed by atoms with Crippen LogP contribution in [0.15, 0.2) is 78.9 Å². The molecule has 0 saturated carbocycles. The third-order valence-corrected chi connectivity index (χ3v) is 7.08. The molecule has 0 radical (unpaired) electrons. The number of para-hydroxylation sites is 1. The van der Waals surface area contributed by atoms with Crippen molar-refractivity contribution in [3.8, 4) is 5.75 Å². The number of carbonyl (C=O) groups excluding carboxylic acids is 2.